The Morgan fingerprint density at radius 1 is 1.24 bits per heavy atom. The van der Waals surface area contributed by atoms with E-state index in [0.29, 0.717) is 11.5 Å². The number of hydrogen-bond acceptors (Lipinski definition) is 3. The predicted octanol–water partition coefficient (Wildman–Crippen LogP) is 3.88. The van der Waals surface area contributed by atoms with Gasteiger partial charge in [-0.3, -0.25) is 9.78 Å². The van der Waals surface area contributed by atoms with E-state index in [1.54, 1.807) is 13.3 Å². The highest BCUT2D eigenvalue weighted by Gasteiger charge is 2.24. The topological polar surface area (TPSA) is 42.4 Å². The molecule has 4 nitrogen and oxygen atoms in total. The highest BCUT2D eigenvalue weighted by Crippen LogP contribution is 2.23. The Hall–Kier alpha value is -2.36. The number of likely N-dealkylation sites (tertiary alicyclic amines) is 1. The van der Waals surface area contributed by atoms with Crippen molar-refractivity contribution in [1.82, 2.24) is 9.88 Å². The van der Waals surface area contributed by atoms with E-state index in [-0.39, 0.29) is 5.91 Å². The van der Waals surface area contributed by atoms with Crippen molar-refractivity contribution in [2.45, 2.75) is 32.6 Å². The number of piperidine rings is 1. The summed E-state index contributed by atoms with van der Waals surface area (Å²) in [5, 5.41) is 0. The number of pyridine rings is 1. The minimum absolute atomic E-state index is 0.113. The van der Waals surface area contributed by atoms with Crippen molar-refractivity contribution in [3.05, 3.63) is 59.4 Å². The third kappa shape index (κ3) is 4.59. The highest BCUT2D eigenvalue weighted by molar-refractivity contribution is 5.94. The number of nitrogens with zero attached hydrogens (tertiary/aromatic N) is 2. The molecule has 25 heavy (non-hydrogen) atoms. The number of carbonyl (C=O) groups is 1. The van der Waals surface area contributed by atoms with Gasteiger partial charge in [-0.15, -0.1) is 0 Å². The highest BCUT2D eigenvalue weighted by atomic mass is 16.5. The van der Waals surface area contributed by atoms with Gasteiger partial charge in [0.1, 0.15) is 5.75 Å². The van der Waals surface area contributed by atoms with Crippen LogP contribution < -0.4 is 4.74 Å². The molecule has 1 atom stereocenters. The second-order valence-corrected chi connectivity index (χ2v) is 6.83. The molecule has 0 unspecified atom stereocenters. The minimum Gasteiger partial charge on any atom is -0.497 e. The molecule has 0 radical (unpaired) electrons. The summed E-state index contributed by atoms with van der Waals surface area (Å²) in [7, 11) is 1.69. The van der Waals surface area contributed by atoms with Gasteiger partial charge in [-0.25, -0.2) is 0 Å². The number of amides is 1. The molecule has 132 valence electrons. The fourth-order valence-electron chi connectivity index (χ4n) is 3.43. The van der Waals surface area contributed by atoms with Gasteiger partial charge in [0.2, 0.25) is 0 Å². The summed E-state index contributed by atoms with van der Waals surface area (Å²) in [5.74, 6) is 1.57. The van der Waals surface area contributed by atoms with Crippen molar-refractivity contribution in [3.8, 4) is 5.75 Å². The van der Waals surface area contributed by atoms with Crippen LogP contribution >= 0.6 is 0 Å². The van der Waals surface area contributed by atoms with Gasteiger partial charge in [0.25, 0.3) is 5.91 Å². The van der Waals surface area contributed by atoms with Gasteiger partial charge in [-0.05, 0) is 68.4 Å². The molecule has 0 bridgehead atoms. The summed E-state index contributed by atoms with van der Waals surface area (Å²) < 4.78 is 5.20. The first-order valence-corrected chi connectivity index (χ1v) is 9.00. The molecule has 0 spiro atoms. The lowest BCUT2D eigenvalue weighted by molar-refractivity contribution is 0.0668. The lowest BCUT2D eigenvalue weighted by Crippen LogP contribution is -2.40. The van der Waals surface area contributed by atoms with Crippen molar-refractivity contribution in [2.75, 3.05) is 20.2 Å². The normalized spacial score (nSPS) is 17.4. The number of benzene rings is 1. The Balaban J connectivity index is 1.55. The van der Waals surface area contributed by atoms with E-state index in [1.807, 2.05) is 36.1 Å². The molecule has 4 heteroatoms. The molecule has 1 fully saturated rings. The minimum atomic E-state index is 0.113. The van der Waals surface area contributed by atoms with E-state index in [4.69, 9.17) is 4.74 Å². The van der Waals surface area contributed by atoms with Crippen LogP contribution in [-0.4, -0.2) is 36.0 Å². The second kappa shape index (κ2) is 8.15. The third-order valence-electron chi connectivity index (χ3n) is 4.96. The van der Waals surface area contributed by atoms with Gasteiger partial charge >= 0.3 is 0 Å². The van der Waals surface area contributed by atoms with Gasteiger partial charge in [0, 0.05) is 25.0 Å². The molecule has 1 aromatic carbocycles. The Kier molecular flexibility index (Phi) is 5.69. The van der Waals surface area contributed by atoms with Gasteiger partial charge in [-0.2, -0.15) is 0 Å². The summed E-state index contributed by atoms with van der Waals surface area (Å²) in [6.45, 7) is 3.64. The van der Waals surface area contributed by atoms with Crippen molar-refractivity contribution in [3.63, 3.8) is 0 Å². The summed E-state index contributed by atoms with van der Waals surface area (Å²) in [6, 6.07) is 12.1. The maximum atomic E-state index is 12.7. The average molecular weight is 338 g/mol. The fraction of sp³-hybridized carbons (Fsp3) is 0.429. The van der Waals surface area contributed by atoms with Crippen molar-refractivity contribution >= 4 is 5.91 Å². The van der Waals surface area contributed by atoms with Gasteiger partial charge in [-0.1, -0.05) is 12.1 Å². The molecule has 2 aromatic rings. The summed E-state index contributed by atoms with van der Waals surface area (Å²) in [4.78, 5) is 18.9. The second-order valence-electron chi connectivity index (χ2n) is 6.83. The molecule has 1 amide bonds. The number of rotatable bonds is 5. The van der Waals surface area contributed by atoms with Crippen LogP contribution in [0.1, 0.15) is 40.9 Å². The Morgan fingerprint density at radius 3 is 2.72 bits per heavy atom. The van der Waals surface area contributed by atoms with Crippen LogP contribution in [0, 0.1) is 12.8 Å². The molecule has 1 saturated heterocycles. The van der Waals surface area contributed by atoms with Gasteiger partial charge < -0.3 is 9.64 Å². The largest absolute Gasteiger partial charge is 0.497 e. The van der Waals surface area contributed by atoms with E-state index >= 15 is 0 Å². The molecule has 1 aliphatic rings. The fourth-order valence-corrected chi connectivity index (χ4v) is 3.43. The Labute approximate surface area is 149 Å². The van der Waals surface area contributed by atoms with Crippen molar-refractivity contribution in [2.24, 2.45) is 5.92 Å². The SMILES string of the molecule is COc1ccc(CC[C@@H]2CCCN(C(=O)c3ccc(C)nc3)C2)cc1. The molecule has 1 aliphatic heterocycles. The number of aromatic nitrogens is 1. The predicted molar refractivity (Wildman–Crippen MR) is 98.9 cm³/mol. The zero-order valence-corrected chi connectivity index (χ0v) is 15.1. The quantitative estimate of drug-likeness (QED) is 0.831. The maximum absolute atomic E-state index is 12.7. The van der Waals surface area contributed by atoms with Gasteiger partial charge in [0.15, 0.2) is 0 Å². The van der Waals surface area contributed by atoms with Crippen LogP contribution in [0.2, 0.25) is 0 Å². The molecular weight excluding hydrogens is 312 g/mol. The number of carbonyl (C=O) groups excluding carboxylic acids is 1. The van der Waals surface area contributed by atoms with E-state index in [9.17, 15) is 4.79 Å². The van der Waals surface area contributed by atoms with Gasteiger partial charge in [0.05, 0.1) is 12.7 Å². The molecule has 0 aliphatic carbocycles. The van der Waals surface area contributed by atoms with E-state index in [2.05, 4.69) is 17.1 Å². The first-order valence-electron chi connectivity index (χ1n) is 9.00. The summed E-state index contributed by atoms with van der Waals surface area (Å²) >= 11 is 0. The smallest absolute Gasteiger partial charge is 0.255 e. The van der Waals surface area contributed by atoms with Crippen molar-refractivity contribution in [1.29, 1.82) is 0 Å². The lowest BCUT2D eigenvalue weighted by atomic mass is 9.91. The first-order chi connectivity index (χ1) is 12.2. The van der Waals surface area contributed by atoms with Crippen LogP contribution in [0.5, 0.6) is 5.75 Å². The average Bonchev–Trinajstić information content (AvgIpc) is 2.67. The molecule has 0 saturated carbocycles. The lowest BCUT2D eigenvalue weighted by Gasteiger charge is -2.33. The van der Waals surface area contributed by atoms with Crippen LogP contribution in [0.25, 0.3) is 0 Å². The monoisotopic (exact) mass is 338 g/mol. The molecule has 3 rings (SSSR count). The maximum Gasteiger partial charge on any atom is 0.255 e. The van der Waals surface area contributed by atoms with Crippen LogP contribution in [-0.2, 0) is 6.42 Å². The van der Waals surface area contributed by atoms with Crippen molar-refractivity contribution < 1.29 is 9.53 Å². The zero-order valence-electron chi connectivity index (χ0n) is 15.1. The number of aryl methyl sites for hydroxylation is 2. The number of ether oxygens (including phenoxy) is 1. The third-order valence-corrected chi connectivity index (χ3v) is 4.96. The zero-order chi connectivity index (χ0) is 17.6. The number of hydrogen-bond donors (Lipinski definition) is 0. The summed E-state index contributed by atoms with van der Waals surface area (Å²) in [6.07, 6.45) is 6.13. The van der Waals surface area contributed by atoms with Crippen LogP contribution in [0.15, 0.2) is 42.6 Å². The number of methoxy groups -OCH3 is 1. The van der Waals surface area contributed by atoms with E-state index < -0.39 is 0 Å². The van der Waals surface area contributed by atoms with E-state index in [1.165, 1.54) is 12.0 Å². The Bertz CT molecular complexity index is 695. The molecule has 0 N–H and O–H groups in total. The molecular formula is C21H26N2O2. The first kappa shape index (κ1) is 17.5. The standard InChI is InChI=1S/C21H26N2O2/c1-16-5-10-19(14-22-16)21(24)23-13-3-4-18(15-23)7-6-17-8-11-20(25-2)12-9-17/h5,8-12,14,18H,3-4,6-7,13,15H2,1-2H3/t18-/m0/s1. The van der Waals surface area contributed by atoms with Crippen LogP contribution in [0.4, 0.5) is 0 Å². The molecule has 2 heterocycles. The molecule has 1 aromatic heterocycles. The Morgan fingerprint density at radius 2 is 2.04 bits per heavy atom. The van der Waals surface area contributed by atoms with Crippen LogP contribution in [0.3, 0.4) is 0 Å². The van der Waals surface area contributed by atoms with E-state index in [0.717, 1.165) is 43.8 Å². The summed E-state index contributed by atoms with van der Waals surface area (Å²) in [5.41, 5.74) is 2.96.